The van der Waals surface area contributed by atoms with Crippen LogP contribution in [0.25, 0.3) is 10.9 Å². The number of aryl methyl sites for hydroxylation is 1. The van der Waals surface area contributed by atoms with Crippen molar-refractivity contribution in [3.63, 3.8) is 0 Å². The van der Waals surface area contributed by atoms with E-state index < -0.39 is 5.82 Å². The zero-order valence-corrected chi connectivity index (χ0v) is 9.57. The third kappa shape index (κ3) is 1.83. The van der Waals surface area contributed by atoms with E-state index in [1.54, 1.807) is 0 Å². The standard InChI is InChI=1S/C12H11ClFNO/c1-2-3-7-6-10(16)8-4-5-9(13)11(14)12(8)15-7/h4-6H,2-3H2,1H3,(H,15,16). The van der Waals surface area contributed by atoms with E-state index in [0.29, 0.717) is 5.39 Å². The molecule has 4 heteroatoms. The molecule has 0 saturated heterocycles. The molecular formula is C12H11ClFNO. The van der Waals surface area contributed by atoms with E-state index in [1.165, 1.54) is 18.2 Å². The monoisotopic (exact) mass is 239 g/mol. The molecule has 0 aliphatic rings. The van der Waals surface area contributed by atoms with Gasteiger partial charge >= 0.3 is 0 Å². The fraction of sp³-hybridized carbons (Fsp3) is 0.250. The molecule has 0 radical (unpaired) electrons. The van der Waals surface area contributed by atoms with Crippen LogP contribution in [0.15, 0.2) is 23.0 Å². The molecule has 0 saturated carbocycles. The molecule has 1 N–H and O–H groups in total. The van der Waals surface area contributed by atoms with E-state index in [9.17, 15) is 9.18 Å². The Labute approximate surface area is 97.1 Å². The summed E-state index contributed by atoms with van der Waals surface area (Å²) in [6.45, 7) is 2.00. The second-order valence-corrected chi connectivity index (χ2v) is 4.10. The molecule has 2 nitrogen and oxygen atoms in total. The first-order valence-electron chi connectivity index (χ1n) is 5.13. The zero-order chi connectivity index (χ0) is 11.7. The Balaban J connectivity index is 2.78. The summed E-state index contributed by atoms with van der Waals surface area (Å²) in [5.74, 6) is -0.561. The highest BCUT2D eigenvalue weighted by Gasteiger charge is 2.09. The van der Waals surface area contributed by atoms with Crippen LogP contribution in [0, 0.1) is 5.82 Å². The third-order valence-electron chi connectivity index (χ3n) is 2.47. The molecule has 84 valence electrons. The first kappa shape index (κ1) is 11.1. The van der Waals surface area contributed by atoms with Gasteiger partial charge in [-0.25, -0.2) is 4.39 Å². The van der Waals surface area contributed by atoms with E-state index in [1.807, 2.05) is 6.92 Å². The third-order valence-corrected chi connectivity index (χ3v) is 2.76. The molecule has 2 rings (SSSR count). The van der Waals surface area contributed by atoms with Crippen LogP contribution in [-0.4, -0.2) is 4.98 Å². The van der Waals surface area contributed by atoms with Gasteiger partial charge < -0.3 is 4.98 Å². The van der Waals surface area contributed by atoms with Gasteiger partial charge in [-0.3, -0.25) is 4.79 Å². The molecule has 16 heavy (non-hydrogen) atoms. The van der Waals surface area contributed by atoms with Crippen molar-refractivity contribution in [1.29, 1.82) is 0 Å². The van der Waals surface area contributed by atoms with Crippen LogP contribution in [0.4, 0.5) is 4.39 Å². The summed E-state index contributed by atoms with van der Waals surface area (Å²) in [7, 11) is 0. The number of nitrogens with one attached hydrogen (secondary N) is 1. The zero-order valence-electron chi connectivity index (χ0n) is 8.81. The molecule has 1 aromatic carbocycles. The number of hydrogen-bond donors (Lipinski definition) is 1. The lowest BCUT2D eigenvalue weighted by Crippen LogP contribution is -2.06. The van der Waals surface area contributed by atoms with Gasteiger partial charge in [0.15, 0.2) is 11.2 Å². The largest absolute Gasteiger partial charge is 0.356 e. The predicted molar refractivity (Wildman–Crippen MR) is 63.5 cm³/mol. The average molecular weight is 240 g/mol. The Hall–Kier alpha value is -1.35. The minimum absolute atomic E-state index is 0.0248. The van der Waals surface area contributed by atoms with Crippen molar-refractivity contribution in [2.24, 2.45) is 0 Å². The van der Waals surface area contributed by atoms with E-state index in [4.69, 9.17) is 11.6 Å². The predicted octanol–water partition coefficient (Wildman–Crippen LogP) is 3.27. The quantitative estimate of drug-likeness (QED) is 0.857. The van der Waals surface area contributed by atoms with E-state index in [2.05, 4.69) is 4.98 Å². The van der Waals surface area contributed by atoms with Crippen molar-refractivity contribution in [2.75, 3.05) is 0 Å². The molecule has 0 amide bonds. The van der Waals surface area contributed by atoms with Gasteiger partial charge in [0.1, 0.15) is 0 Å². The SMILES string of the molecule is CCCc1cc(=O)c2ccc(Cl)c(F)c2[nH]1. The maximum Gasteiger partial charge on any atom is 0.189 e. The topological polar surface area (TPSA) is 32.9 Å². The Kier molecular flexibility index (Phi) is 2.97. The number of fused-ring (bicyclic) bond motifs is 1. The van der Waals surface area contributed by atoms with Gasteiger partial charge in [0.05, 0.1) is 10.5 Å². The van der Waals surface area contributed by atoms with E-state index >= 15 is 0 Å². The number of benzene rings is 1. The summed E-state index contributed by atoms with van der Waals surface area (Å²) in [6.07, 6.45) is 1.61. The Morgan fingerprint density at radius 3 is 2.88 bits per heavy atom. The van der Waals surface area contributed by atoms with Gasteiger partial charge in [0.2, 0.25) is 0 Å². The van der Waals surface area contributed by atoms with E-state index in [0.717, 1.165) is 18.5 Å². The van der Waals surface area contributed by atoms with Crippen LogP contribution in [0.2, 0.25) is 5.02 Å². The summed E-state index contributed by atoms with van der Waals surface area (Å²) < 4.78 is 13.7. The minimum atomic E-state index is -0.561. The highest BCUT2D eigenvalue weighted by Crippen LogP contribution is 2.21. The number of hydrogen-bond acceptors (Lipinski definition) is 1. The van der Waals surface area contributed by atoms with Gasteiger partial charge in [-0.1, -0.05) is 24.9 Å². The molecule has 0 fully saturated rings. The van der Waals surface area contributed by atoms with Crippen molar-refractivity contribution in [1.82, 2.24) is 4.98 Å². The van der Waals surface area contributed by atoms with Crippen LogP contribution >= 0.6 is 11.6 Å². The van der Waals surface area contributed by atoms with Crippen LogP contribution in [0.5, 0.6) is 0 Å². The smallest absolute Gasteiger partial charge is 0.189 e. The summed E-state index contributed by atoms with van der Waals surface area (Å²) in [5, 5.41) is 0.360. The molecular weight excluding hydrogens is 229 g/mol. The number of H-pyrrole nitrogens is 1. The number of aromatic nitrogens is 1. The molecule has 1 heterocycles. The Morgan fingerprint density at radius 2 is 2.19 bits per heavy atom. The number of rotatable bonds is 2. The molecule has 1 aromatic heterocycles. The van der Waals surface area contributed by atoms with Gasteiger partial charge in [-0.15, -0.1) is 0 Å². The van der Waals surface area contributed by atoms with Crippen molar-refractivity contribution in [3.05, 3.63) is 45.0 Å². The average Bonchev–Trinajstić information content (AvgIpc) is 2.25. The summed E-state index contributed by atoms with van der Waals surface area (Å²) >= 11 is 5.67. The molecule has 2 aromatic rings. The lowest BCUT2D eigenvalue weighted by atomic mass is 10.1. The minimum Gasteiger partial charge on any atom is -0.356 e. The first-order valence-corrected chi connectivity index (χ1v) is 5.51. The lowest BCUT2D eigenvalue weighted by Gasteiger charge is -2.04. The van der Waals surface area contributed by atoms with Crippen molar-refractivity contribution in [2.45, 2.75) is 19.8 Å². The molecule has 0 aliphatic carbocycles. The number of aromatic amines is 1. The highest BCUT2D eigenvalue weighted by molar-refractivity contribution is 6.31. The van der Waals surface area contributed by atoms with Crippen molar-refractivity contribution < 1.29 is 4.39 Å². The van der Waals surface area contributed by atoms with Crippen molar-refractivity contribution >= 4 is 22.5 Å². The van der Waals surface area contributed by atoms with Gasteiger partial charge in [0, 0.05) is 17.1 Å². The van der Waals surface area contributed by atoms with Crippen LogP contribution in [-0.2, 0) is 6.42 Å². The first-order chi connectivity index (χ1) is 7.63. The second kappa shape index (κ2) is 4.26. The lowest BCUT2D eigenvalue weighted by molar-refractivity contribution is 0.636. The summed E-state index contributed by atoms with van der Waals surface area (Å²) in [4.78, 5) is 14.6. The molecule has 0 atom stereocenters. The fourth-order valence-electron chi connectivity index (χ4n) is 1.71. The van der Waals surface area contributed by atoms with Gasteiger partial charge in [-0.05, 0) is 18.6 Å². The van der Waals surface area contributed by atoms with Crippen LogP contribution in [0.1, 0.15) is 19.0 Å². The fourth-order valence-corrected chi connectivity index (χ4v) is 1.87. The number of pyridine rings is 1. The second-order valence-electron chi connectivity index (χ2n) is 3.69. The Morgan fingerprint density at radius 1 is 1.44 bits per heavy atom. The van der Waals surface area contributed by atoms with Gasteiger partial charge in [0.25, 0.3) is 0 Å². The van der Waals surface area contributed by atoms with E-state index in [-0.39, 0.29) is 16.0 Å². The van der Waals surface area contributed by atoms with Crippen LogP contribution < -0.4 is 5.43 Å². The van der Waals surface area contributed by atoms with Crippen LogP contribution in [0.3, 0.4) is 0 Å². The molecule has 0 bridgehead atoms. The molecule has 0 unspecified atom stereocenters. The highest BCUT2D eigenvalue weighted by atomic mass is 35.5. The maximum atomic E-state index is 13.7. The summed E-state index contributed by atoms with van der Waals surface area (Å²) in [5.41, 5.74) is 0.761. The normalized spacial score (nSPS) is 10.9. The number of halogens is 2. The maximum absolute atomic E-state index is 13.7. The Bertz CT molecular complexity index is 591. The molecule has 0 aliphatic heterocycles. The molecule has 0 spiro atoms. The summed E-state index contributed by atoms with van der Waals surface area (Å²) in [6, 6.07) is 4.45. The van der Waals surface area contributed by atoms with Crippen molar-refractivity contribution in [3.8, 4) is 0 Å². The van der Waals surface area contributed by atoms with Gasteiger partial charge in [-0.2, -0.15) is 0 Å².